The second kappa shape index (κ2) is 5.21. The Morgan fingerprint density at radius 2 is 1.80 bits per heavy atom. The number of benzene rings is 1. The highest BCUT2D eigenvalue weighted by molar-refractivity contribution is 7.98. The van der Waals surface area contributed by atoms with E-state index in [2.05, 4.69) is 0 Å². The highest BCUT2D eigenvalue weighted by Crippen LogP contribution is 2.17. The standard InChI is InChI=1S/C10H9F3OS/c1-15-3-2-9(14)10-7(12)4-6(11)5-8(10)13/h4-5H,2-3H2,1H3. The Labute approximate surface area is 89.7 Å². The van der Waals surface area contributed by atoms with Gasteiger partial charge in [-0.25, -0.2) is 13.2 Å². The molecule has 82 valence electrons. The zero-order chi connectivity index (χ0) is 11.4. The molecule has 0 aliphatic heterocycles. The van der Waals surface area contributed by atoms with E-state index < -0.39 is 28.8 Å². The van der Waals surface area contributed by atoms with Crippen LogP contribution in [0.25, 0.3) is 0 Å². The van der Waals surface area contributed by atoms with Crippen molar-refractivity contribution in [2.45, 2.75) is 6.42 Å². The molecule has 0 radical (unpaired) electrons. The van der Waals surface area contributed by atoms with Crippen molar-refractivity contribution in [3.05, 3.63) is 35.1 Å². The van der Waals surface area contributed by atoms with Crippen molar-refractivity contribution in [3.63, 3.8) is 0 Å². The van der Waals surface area contributed by atoms with Crippen LogP contribution < -0.4 is 0 Å². The molecular weight excluding hydrogens is 225 g/mol. The molecule has 0 aliphatic carbocycles. The van der Waals surface area contributed by atoms with E-state index >= 15 is 0 Å². The molecule has 15 heavy (non-hydrogen) atoms. The van der Waals surface area contributed by atoms with Gasteiger partial charge >= 0.3 is 0 Å². The van der Waals surface area contributed by atoms with Gasteiger partial charge in [0.1, 0.15) is 17.5 Å². The van der Waals surface area contributed by atoms with E-state index in [9.17, 15) is 18.0 Å². The maximum absolute atomic E-state index is 13.1. The van der Waals surface area contributed by atoms with Gasteiger partial charge in [0.15, 0.2) is 5.78 Å². The van der Waals surface area contributed by atoms with E-state index in [-0.39, 0.29) is 6.42 Å². The van der Waals surface area contributed by atoms with Crippen LogP contribution in [0.5, 0.6) is 0 Å². The van der Waals surface area contributed by atoms with Crippen molar-refractivity contribution in [1.29, 1.82) is 0 Å². The first-order chi connectivity index (χ1) is 7.06. The first-order valence-electron chi connectivity index (χ1n) is 4.23. The Bertz CT molecular complexity index is 356. The molecular formula is C10H9F3OS. The Kier molecular flexibility index (Phi) is 4.20. The molecule has 0 amide bonds. The molecule has 1 aromatic carbocycles. The molecule has 0 aromatic heterocycles. The van der Waals surface area contributed by atoms with Gasteiger partial charge in [-0.3, -0.25) is 4.79 Å². The van der Waals surface area contributed by atoms with Crippen LogP contribution in [0, 0.1) is 17.5 Å². The quantitative estimate of drug-likeness (QED) is 0.745. The Hall–Kier alpha value is -0.970. The molecule has 0 unspecified atom stereocenters. The molecule has 1 nitrogen and oxygen atoms in total. The first kappa shape index (κ1) is 12.1. The van der Waals surface area contributed by atoms with E-state index in [0.29, 0.717) is 17.9 Å². The topological polar surface area (TPSA) is 17.1 Å². The summed E-state index contributed by atoms with van der Waals surface area (Å²) in [5.74, 6) is -3.46. The van der Waals surface area contributed by atoms with Gasteiger partial charge in [0.25, 0.3) is 0 Å². The molecule has 5 heteroatoms. The van der Waals surface area contributed by atoms with Gasteiger partial charge in [0.05, 0.1) is 5.56 Å². The second-order valence-electron chi connectivity index (χ2n) is 2.91. The second-order valence-corrected chi connectivity index (χ2v) is 3.90. The van der Waals surface area contributed by atoms with Crippen LogP contribution >= 0.6 is 11.8 Å². The largest absolute Gasteiger partial charge is 0.294 e. The number of rotatable bonds is 4. The third-order valence-corrected chi connectivity index (χ3v) is 2.43. The van der Waals surface area contributed by atoms with Crippen LogP contribution in [0.2, 0.25) is 0 Å². The fourth-order valence-corrected chi connectivity index (χ4v) is 1.52. The first-order valence-corrected chi connectivity index (χ1v) is 5.62. The summed E-state index contributed by atoms with van der Waals surface area (Å²) in [7, 11) is 0. The molecule has 0 heterocycles. The summed E-state index contributed by atoms with van der Waals surface area (Å²) in [5, 5.41) is 0. The van der Waals surface area contributed by atoms with E-state index in [1.54, 1.807) is 6.26 Å². The lowest BCUT2D eigenvalue weighted by Crippen LogP contribution is -2.07. The predicted octanol–water partition coefficient (Wildman–Crippen LogP) is 3.04. The Morgan fingerprint density at radius 3 is 2.27 bits per heavy atom. The summed E-state index contributed by atoms with van der Waals surface area (Å²) in [6.07, 6.45) is 1.82. The maximum Gasteiger partial charge on any atom is 0.169 e. The summed E-state index contributed by atoms with van der Waals surface area (Å²) < 4.78 is 38.7. The average Bonchev–Trinajstić information content (AvgIpc) is 2.12. The number of thioether (sulfide) groups is 1. The number of hydrogen-bond donors (Lipinski definition) is 0. The SMILES string of the molecule is CSCCC(=O)c1c(F)cc(F)cc1F. The van der Waals surface area contributed by atoms with Crippen molar-refractivity contribution < 1.29 is 18.0 Å². The monoisotopic (exact) mass is 234 g/mol. The number of carbonyl (C=O) groups excluding carboxylic acids is 1. The van der Waals surface area contributed by atoms with E-state index in [4.69, 9.17) is 0 Å². The molecule has 1 rings (SSSR count). The fraction of sp³-hybridized carbons (Fsp3) is 0.300. The zero-order valence-corrected chi connectivity index (χ0v) is 8.84. The van der Waals surface area contributed by atoms with Gasteiger partial charge in [-0.05, 0) is 6.26 Å². The van der Waals surface area contributed by atoms with Crippen LogP contribution in [0.1, 0.15) is 16.8 Å². The minimum Gasteiger partial charge on any atom is -0.294 e. The number of Topliss-reactive ketones (excluding diaryl/α,β-unsaturated/α-hetero) is 1. The summed E-state index contributed by atoms with van der Waals surface area (Å²) in [5.41, 5.74) is -0.648. The molecule has 0 saturated heterocycles. The molecule has 1 aromatic rings. The fourth-order valence-electron chi connectivity index (χ4n) is 1.13. The summed E-state index contributed by atoms with van der Waals surface area (Å²) in [4.78, 5) is 11.3. The van der Waals surface area contributed by atoms with Gasteiger partial charge in [0, 0.05) is 24.3 Å². The summed E-state index contributed by atoms with van der Waals surface area (Å²) in [6.45, 7) is 0. The lowest BCUT2D eigenvalue weighted by molar-refractivity contribution is 0.0981. The maximum atomic E-state index is 13.1. The van der Waals surface area contributed by atoms with E-state index in [1.165, 1.54) is 11.8 Å². The molecule has 0 atom stereocenters. The van der Waals surface area contributed by atoms with Gasteiger partial charge in [-0.1, -0.05) is 0 Å². The summed E-state index contributed by atoms with van der Waals surface area (Å²) in [6, 6.07) is 1.02. The van der Waals surface area contributed by atoms with Crippen molar-refractivity contribution in [2.75, 3.05) is 12.0 Å². The normalized spacial score (nSPS) is 10.4. The number of carbonyl (C=O) groups is 1. The smallest absolute Gasteiger partial charge is 0.169 e. The Morgan fingerprint density at radius 1 is 1.27 bits per heavy atom. The molecule has 0 spiro atoms. The third kappa shape index (κ3) is 2.99. The van der Waals surface area contributed by atoms with Crippen LogP contribution in [-0.4, -0.2) is 17.8 Å². The predicted molar refractivity (Wildman–Crippen MR) is 53.6 cm³/mol. The van der Waals surface area contributed by atoms with Crippen molar-refractivity contribution in [2.24, 2.45) is 0 Å². The van der Waals surface area contributed by atoms with Crippen LogP contribution in [-0.2, 0) is 0 Å². The zero-order valence-electron chi connectivity index (χ0n) is 8.02. The lowest BCUT2D eigenvalue weighted by Gasteiger charge is -2.03. The van der Waals surface area contributed by atoms with Crippen LogP contribution in [0.3, 0.4) is 0 Å². The van der Waals surface area contributed by atoms with Crippen molar-refractivity contribution in [3.8, 4) is 0 Å². The van der Waals surface area contributed by atoms with Gasteiger partial charge in [0.2, 0.25) is 0 Å². The van der Waals surface area contributed by atoms with E-state index in [0.717, 1.165) is 0 Å². The molecule has 0 aliphatic rings. The minimum atomic E-state index is -1.14. The van der Waals surface area contributed by atoms with Crippen molar-refractivity contribution in [1.82, 2.24) is 0 Å². The number of ketones is 1. The minimum absolute atomic E-state index is 0.0423. The van der Waals surface area contributed by atoms with Gasteiger partial charge in [-0.15, -0.1) is 0 Å². The molecule has 0 N–H and O–H groups in total. The van der Waals surface area contributed by atoms with Gasteiger partial charge in [-0.2, -0.15) is 11.8 Å². The van der Waals surface area contributed by atoms with E-state index in [1.807, 2.05) is 0 Å². The highest BCUT2D eigenvalue weighted by Gasteiger charge is 2.18. The lowest BCUT2D eigenvalue weighted by atomic mass is 10.1. The Balaban J connectivity index is 2.98. The van der Waals surface area contributed by atoms with Crippen LogP contribution in [0.15, 0.2) is 12.1 Å². The van der Waals surface area contributed by atoms with Crippen molar-refractivity contribution >= 4 is 17.5 Å². The number of hydrogen-bond acceptors (Lipinski definition) is 2. The third-order valence-electron chi connectivity index (χ3n) is 1.82. The molecule has 0 bridgehead atoms. The summed E-state index contributed by atoms with van der Waals surface area (Å²) >= 11 is 1.40. The highest BCUT2D eigenvalue weighted by atomic mass is 32.2. The molecule has 0 saturated carbocycles. The number of halogens is 3. The molecule has 0 fully saturated rings. The van der Waals surface area contributed by atoms with Crippen LogP contribution in [0.4, 0.5) is 13.2 Å². The average molecular weight is 234 g/mol. The van der Waals surface area contributed by atoms with Gasteiger partial charge < -0.3 is 0 Å².